The fourth-order valence-electron chi connectivity index (χ4n) is 3.01. The summed E-state index contributed by atoms with van der Waals surface area (Å²) in [5.74, 6) is 1.98. The summed E-state index contributed by atoms with van der Waals surface area (Å²) in [5, 5.41) is 4.38. The molecule has 0 unspecified atom stereocenters. The molecule has 0 saturated heterocycles. The predicted molar refractivity (Wildman–Crippen MR) is 102 cm³/mol. The number of nitrogens with zero attached hydrogens (tertiary/aromatic N) is 4. The highest BCUT2D eigenvalue weighted by Crippen LogP contribution is 2.30. The van der Waals surface area contributed by atoms with Crippen molar-refractivity contribution in [2.75, 3.05) is 18.8 Å². The number of furan rings is 1. The molecule has 0 radical (unpaired) electrons. The molecule has 1 aliphatic carbocycles. The number of halogens is 1. The van der Waals surface area contributed by atoms with Gasteiger partial charge in [-0.15, -0.1) is 5.10 Å². The van der Waals surface area contributed by atoms with Crippen molar-refractivity contribution in [1.29, 1.82) is 0 Å². The van der Waals surface area contributed by atoms with Crippen molar-refractivity contribution in [2.45, 2.75) is 26.2 Å². The van der Waals surface area contributed by atoms with Crippen molar-refractivity contribution in [3.8, 4) is 11.6 Å². The van der Waals surface area contributed by atoms with Crippen molar-refractivity contribution in [3.05, 3.63) is 34.5 Å². The summed E-state index contributed by atoms with van der Waals surface area (Å²) >= 11 is 3.27. The van der Waals surface area contributed by atoms with Gasteiger partial charge in [-0.3, -0.25) is 4.79 Å². The number of rotatable bonds is 6. The molecule has 0 aliphatic heterocycles. The topological polar surface area (TPSA) is 89.7 Å². The smallest absolute Gasteiger partial charge is 0.254 e. The lowest BCUT2D eigenvalue weighted by Crippen LogP contribution is -2.33. The number of anilines is 1. The Hall–Kier alpha value is -2.35. The van der Waals surface area contributed by atoms with Gasteiger partial charge in [0.2, 0.25) is 5.82 Å². The van der Waals surface area contributed by atoms with Crippen LogP contribution in [-0.2, 0) is 0 Å². The SMILES string of the molecule is CCCN(CC1CC1)C(=O)c1cc(N)n2nc(-c3ccc(Br)o3)nc2c1. The van der Waals surface area contributed by atoms with Crippen LogP contribution >= 0.6 is 15.9 Å². The van der Waals surface area contributed by atoms with E-state index in [-0.39, 0.29) is 5.91 Å². The van der Waals surface area contributed by atoms with E-state index in [1.165, 1.54) is 17.4 Å². The third-order valence-electron chi connectivity index (χ3n) is 4.46. The van der Waals surface area contributed by atoms with Crippen molar-refractivity contribution >= 4 is 33.3 Å². The summed E-state index contributed by atoms with van der Waals surface area (Å²) in [5.41, 5.74) is 7.20. The number of nitrogens with two attached hydrogens (primary N) is 1. The molecule has 8 heteroatoms. The van der Waals surface area contributed by atoms with Crippen LogP contribution < -0.4 is 5.73 Å². The first-order valence-corrected chi connectivity index (χ1v) is 9.55. The van der Waals surface area contributed by atoms with E-state index in [0.29, 0.717) is 39.2 Å². The van der Waals surface area contributed by atoms with E-state index >= 15 is 0 Å². The molecule has 1 saturated carbocycles. The van der Waals surface area contributed by atoms with Crippen LogP contribution in [-0.4, -0.2) is 38.5 Å². The summed E-state index contributed by atoms with van der Waals surface area (Å²) < 4.78 is 7.62. The first-order valence-electron chi connectivity index (χ1n) is 8.76. The van der Waals surface area contributed by atoms with E-state index in [2.05, 4.69) is 32.9 Å². The maximum Gasteiger partial charge on any atom is 0.254 e. The van der Waals surface area contributed by atoms with Gasteiger partial charge in [0, 0.05) is 18.7 Å². The number of carbonyl (C=O) groups is 1. The Balaban J connectivity index is 1.68. The molecule has 3 aromatic heterocycles. The summed E-state index contributed by atoms with van der Waals surface area (Å²) in [6.45, 7) is 3.64. The van der Waals surface area contributed by atoms with Crippen LogP contribution in [0.1, 0.15) is 36.5 Å². The van der Waals surface area contributed by atoms with E-state index < -0.39 is 0 Å². The van der Waals surface area contributed by atoms with Gasteiger partial charge in [0.15, 0.2) is 16.1 Å². The zero-order valence-corrected chi connectivity index (χ0v) is 16.1. The number of pyridine rings is 1. The van der Waals surface area contributed by atoms with Crippen LogP contribution in [0.4, 0.5) is 5.82 Å². The molecular formula is C18H20BrN5O2. The highest BCUT2D eigenvalue weighted by molar-refractivity contribution is 9.10. The average Bonchev–Trinajstić information content (AvgIpc) is 3.15. The van der Waals surface area contributed by atoms with Crippen molar-refractivity contribution in [2.24, 2.45) is 5.92 Å². The monoisotopic (exact) mass is 417 g/mol. The highest BCUT2D eigenvalue weighted by atomic mass is 79.9. The zero-order valence-electron chi connectivity index (χ0n) is 14.5. The van der Waals surface area contributed by atoms with Crippen molar-refractivity contribution in [3.63, 3.8) is 0 Å². The molecule has 1 aliphatic rings. The second kappa shape index (κ2) is 6.75. The molecule has 2 N–H and O–H groups in total. The molecule has 3 aromatic rings. The van der Waals surface area contributed by atoms with Crippen LogP contribution in [0.3, 0.4) is 0 Å². The van der Waals surface area contributed by atoms with Crippen LogP contribution in [0.15, 0.2) is 33.4 Å². The van der Waals surface area contributed by atoms with Crippen LogP contribution in [0.5, 0.6) is 0 Å². The van der Waals surface area contributed by atoms with Gasteiger partial charge in [-0.25, -0.2) is 4.98 Å². The standard InChI is InChI=1S/C18H20BrN5O2/c1-2-7-23(10-11-3-4-11)18(25)12-8-15(20)24-16(9-12)21-17(22-24)13-5-6-14(19)26-13/h5-6,8-9,11H,2-4,7,10,20H2,1H3. The maximum absolute atomic E-state index is 13.0. The van der Waals surface area contributed by atoms with Gasteiger partial charge in [0.05, 0.1) is 0 Å². The van der Waals surface area contributed by atoms with Crippen LogP contribution in [0.2, 0.25) is 0 Å². The van der Waals surface area contributed by atoms with Gasteiger partial charge in [-0.2, -0.15) is 4.52 Å². The fraction of sp³-hybridized carbons (Fsp3) is 0.389. The second-order valence-electron chi connectivity index (χ2n) is 6.67. The van der Waals surface area contributed by atoms with Crippen LogP contribution in [0, 0.1) is 5.92 Å². The van der Waals surface area contributed by atoms with E-state index in [1.807, 2.05) is 4.90 Å². The normalized spacial score (nSPS) is 14.1. The van der Waals surface area contributed by atoms with E-state index in [4.69, 9.17) is 10.2 Å². The van der Waals surface area contributed by atoms with Crippen molar-refractivity contribution < 1.29 is 9.21 Å². The van der Waals surface area contributed by atoms with Gasteiger partial charge in [-0.05, 0) is 65.4 Å². The lowest BCUT2D eigenvalue weighted by Gasteiger charge is -2.22. The van der Waals surface area contributed by atoms with Gasteiger partial charge >= 0.3 is 0 Å². The van der Waals surface area contributed by atoms with E-state index in [9.17, 15) is 4.79 Å². The third kappa shape index (κ3) is 3.33. The number of hydrogen-bond acceptors (Lipinski definition) is 5. The van der Waals surface area contributed by atoms with Gasteiger partial charge in [-0.1, -0.05) is 6.92 Å². The van der Waals surface area contributed by atoms with Gasteiger partial charge in [0.25, 0.3) is 5.91 Å². The molecule has 26 heavy (non-hydrogen) atoms. The minimum Gasteiger partial charge on any atom is -0.446 e. The first kappa shape index (κ1) is 17.1. The largest absolute Gasteiger partial charge is 0.446 e. The molecular weight excluding hydrogens is 398 g/mol. The molecule has 0 atom stereocenters. The highest BCUT2D eigenvalue weighted by Gasteiger charge is 2.27. The fourth-order valence-corrected chi connectivity index (χ4v) is 3.32. The third-order valence-corrected chi connectivity index (χ3v) is 4.89. The number of amides is 1. The summed E-state index contributed by atoms with van der Waals surface area (Å²) in [7, 11) is 0. The minimum absolute atomic E-state index is 0.00163. The molecule has 1 amide bonds. The van der Waals surface area contributed by atoms with Crippen molar-refractivity contribution in [1.82, 2.24) is 19.5 Å². The Bertz CT molecular complexity index is 960. The molecule has 0 bridgehead atoms. The Labute approximate surface area is 159 Å². The predicted octanol–water partition coefficient (Wildman–Crippen LogP) is 3.60. The van der Waals surface area contributed by atoms with Gasteiger partial charge < -0.3 is 15.1 Å². The Morgan fingerprint density at radius 1 is 1.42 bits per heavy atom. The molecule has 136 valence electrons. The molecule has 4 rings (SSSR count). The van der Waals surface area contributed by atoms with Gasteiger partial charge in [0.1, 0.15) is 5.82 Å². The molecule has 3 heterocycles. The molecule has 0 spiro atoms. The number of fused-ring (bicyclic) bond motifs is 1. The van der Waals surface area contributed by atoms with E-state index in [0.717, 1.165) is 19.5 Å². The summed E-state index contributed by atoms with van der Waals surface area (Å²) in [6.07, 6.45) is 3.35. The first-order chi connectivity index (χ1) is 12.5. The van der Waals surface area contributed by atoms with Crippen LogP contribution in [0.25, 0.3) is 17.2 Å². The Morgan fingerprint density at radius 2 is 2.23 bits per heavy atom. The number of aromatic nitrogens is 3. The minimum atomic E-state index is -0.00163. The summed E-state index contributed by atoms with van der Waals surface area (Å²) in [6, 6.07) is 6.96. The average molecular weight is 418 g/mol. The molecule has 1 fully saturated rings. The number of carbonyl (C=O) groups excluding carboxylic acids is 1. The number of nitrogen functional groups attached to an aromatic ring is 1. The maximum atomic E-state index is 13.0. The second-order valence-corrected chi connectivity index (χ2v) is 7.45. The summed E-state index contributed by atoms with van der Waals surface area (Å²) in [4.78, 5) is 19.3. The molecule has 0 aromatic carbocycles. The molecule has 7 nitrogen and oxygen atoms in total. The lowest BCUT2D eigenvalue weighted by atomic mass is 10.2. The Morgan fingerprint density at radius 3 is 2.88 bits per heavy atom. The number of hydrogen-bond donors (Lipinski definition) is 1. The lowest BCUT2D eigenvalue weighted by molar-refractivity contribution is 0.0747. The van der Waals surface area contributed by atoms with E-state index in [1.54, 1.807) is 24.3 Å². The Kier molecular flexibility index (Phi) is 4.44. The zero-order chi connectivity index (χ0) is 18.3. The quantitative estimate of drug-likeness (QED) is 0.661.